The summed E-state index contributed by atoms with van der Waals surface area (Å²) in [6.07, 6.45) is 12.3. The largest absolute Gasteiger partial charge is 0.378 e. The molecule has 0 aromatic heterocycles. The van der Waals surface area contributed by atoms with E-state index < -0.39 is 0 Å². The second kappa shape index (κ2) is 10.3. The van der Waals surface area contributed by atoms with E-state index in [0.717, 1.165) is 19.3 Å². The Balaban J connectivity index is 1.54. The van der Waals surface area contributed by atoms with Crippen molar-refractivity contribution in [2.45, 2.75) is 46.1 Å². The molecular weight excluding hydrogens is 386 g/mol. The molecule has 3 aromatic rings. The topological polar surface area (TPSA) is 12.0 Å². The van der Waals surface area contributed by atoms with Gasteiger partial charge in [0, 0.05) is 11.7 Å². The number of rotatable bonds is 7. The summed E-state index contributed by atoms with van der Waals surface area (Å²) in [5.41, 5.74) is 10.4. The highest BCUT2D eigenvalue weighted by Crippen LogP contribution is 2.28. The van der Waals surface area contributed by atoms with Crippen molar-refractivity contribution in [2.24, 2.45) is 0 Å². The lowest BCUT2D eigenvalue weighted by Gasteiger charge is -2.21. The Hall–Kier alpha value is -3.32. The number of hydrogen-bond donors (Lipinski definition) is 1. The minimum absolute atomic E-state index is 0.324. The molecule has 0 radical (unpaired) electrons. The summed E-state index contributed by atoms with van der Waals surface area (Å²) in [6, 6.07) is 26.6. The number of nitrogens with one attached hydrogen (secondary N) is 1. The minimum Gasteiger partial charge on any atom is -0.378 e. The molecule has 3 aromatic carbocycles. The zero-order chi connectivity index (χ0) is 22.3. The molecule has 0 heterocycles. The second-order valence-corrected chi connectivity index (χ2v) is 8.54. The van der Waals surface area contributed by atoms with Gasteiger partial charge >= 0.3 is 0 Å². The quantitative estimate of drug-likeness (QED) is 0.410. The van der Waals surface area contributed by atoms with Crippen LogP contribution in [0.4, 0.5) is 5.69 Å². The predicted molar refractivity (Wildman–Crippen MR) is 139 cm³/mol. The van der Waals surface area contributed by atoms with Crippen LogP contribution in [-0.2, 0) is 12.8 Å². The molecule has 1 aliphatic carbocycles. The fraction of sp³-hybridized carbons (Fsp3) is 0.226. The summed E-state index contributed by atoms with van der Waals surface area (Å²) >= 11 is 0. The zero-order valence-corrected chi connectivity index (χ0v) is 19.4. The van der Waals surface area contributed by atoms with Gasteiger partial charge in [-0.25, -0.2) is 0 Å². The van der Waals surface area contributed by atoms with Gasteiger partial charge in [0.2, 0.25) is 0 Å². The number of allylic oxidation sites excluding steroid dienone is 3. The van der Waals surface area contributed by atoms with E-state index in [0.29, 0.717) is 6.04 Å². The van der Waals surface area contributed by atoms with Crippen LogP contribution in [0.2, 0.25) is 0 Å². The van der Waals surface area contributed by atoms with E-state index in [-0.39, 0.29) is 0 Å². The lowest BCUT2D eigenvalue weighted by Crippen LogP contribution is -2.18. The molecule has 1 unspecified atom stereocenters. The van der Waals surface area contributed by atoms with Crippen molar-refractivity contribution in [3.8, 4) is 0 Å². The summed E-state index contributed by atoms with van der Waals surface area (Å²) in [7, 11) is 0. The van der Waals surface area contributed by atoms with Crippen molar-refractivity contribution in [3.63, 3.8) is 0 Å². The first-order valence-corrected chi connectivity index (χ1v) is 11.8. The highest BCUT2D eigenvalue weighted by molar-refractivity contribution is 5.82. The van der Waals surface area contributed by atoms with Crippen LogP contribution in [0.25, 0.3) is 5.57 Å². The predicted octanol–water partition coefficient (Wildman–Crippen LogP) is 7.92. The summed E-state index contributed by atoms with van der Waals surface area (Å²) < 4.78 is 0. The fourth-order valence-corrected chi connectivity index (χ4v) is 4.20. The molecule has 4 rings (SSSR count). The molecule has 1 atom stereocenters. The summed E-state index contributed by atoms with van der Waals surface area (Å²) in [5, 5.41) is 3.74. The van der Waals surface area contributed by atoms with Crippen molar-refractivity contribution < 1.29 is 0 Å². The van der Waals surface area contributed by atoms with Gasteiger partial charge in [-0.3, -0.25) is 0 Å². The number of hydrogen-bond acceptors (Lipinski definition) is 1. The molecule has 32 heavy (non-hydrogen) atoms. The van der Waals surface area contributed by atoms with E-state index in [9.17, 15) is 0 Å². The van der Waals surface area contributed by atoms with E-state index in [1.807, 2.05) is 0 Å². The third-order valence-corrected chi connectivity index (χ3v) is 6.19. The van der Waals surface area contributed by atoms with Crippen LogP contribution in [0.5, 0.6) is 0 Å². The molecule has 162 valence electrons. The molecule has 0 fully saturated rings. The van der Waals surface area contributed by atoms with Crippen LogP contribution in [0, 0.1) is 6.92 Å². The summed E-state index contributed by atoms with van der Waals surface area (Å²) in [5.74, 6) is 0. The van der Waals surface area contributed by atoms with E-state index in [4.69, 9.17) is 0 Å². The maximum atomic E-state index is 3.74. The van der Waals surface area contributed by atoms with Crippen LogP contribution in [0.1, 0.15) is 48.1 Å². The Labute approximate surface area is 193 Å². The van der Waals surface area contributed by atoms with Crippen LogP contribution in [0.3, 0.4) is 0 Å². The van der Waals surface area contributed by atoms with Crippen molar-refractivity contribution in [1.29, 1.82) is 0 Å². The normalized spacial score (nSPS) is 16.0. The molecule has 0 amide bonds. The Kier molecular flexibility index (Phi) is 7.07. The standard InChI is InChI=1S/C31H33N/c1-4-24-15-20-31(26(5-2)21-24)32-29-18-13-25(14-19-29)22-30(27-9-7-6-8-10-27)28-16-11-23(3)12-17-28/h6-18,20-22,29,32H,4-5,19H2,1-3H3. The van der Waals surface area contributed by atoms with E-state index in [1.54, 1.807) is 0 Å². The van der Waals surface area contributed by atoms with Crippen molar-refractivity contribution in [1.82, 2.24) is 0 Å². The van der Waals surface area contributed by atoms with Crippen molar-refractivity contribution in [2.75, 3.05) is 5.32 Å². The van der Waals surface area contributed by atoms with Gasteiger partial charge < -0.3 is 5.32 Å². The molecule has 1 heteroatoms. The van der Waals surface area contributed by atoms with Gasteiger partial charge in [0.1, 0.15) is 0 Å². The fourth-order valence-electron chi connectivity index (χ4n) is 4.20. The lowest BCUT2D eigenvalue weighted by molar-refractivity contribution is 0.872. The van der Waals surface area contributed by atoms with Crippen molar-refractivity contribution >= 4 is 11.3 Å². The Morgan fingerprint density at radius 3 is 2.31 bits per heavy atom. The highest BCUT2D eigenvalue weighted by atomic mass is 14.9. The SMILES string of the molecule is CCc1ccc(NC2C=CC(C=C(c3ccccc3)c3ccc(C)cc3)=CC2)c(CC)c1. The number of benzene rings is 3. The monoisotopic (exact) mass is 419 g/mol. The van der Waals surface area contributed by atoms with Crippen LogP contribution in [0.15, 0.2) is 103 Å². The first kappa shape index (κ1) is 21.9. The number of aryl methyl sites for hydroxylation is 3. The molecule has 0 bridgehead atoms. The molecule has 0 spiro atoms. The molecular formula is C31H33N. The van der Waals surface area contributed by atoms with Gasteiger partial charge in [0.15, 0.2) is 0 Å². The van der Waals surface area contributed by atoms with Gasteiger partial charge in [-0.05, 0) is 71.7 Å². The van der Waals surface area contributed by atoms with Gasteiger partial charge in [0.05, 0.1) is 0 Å². The van der Waals surface area contributed by atoms with E-state index in [1.165, 1.54) is 44.7 Å². The Morgan fingerprint density at radius 2 is 1.66 bits per heavy atom. The summed E-state index contributed by atoms with van der Waals surface area (Å²) in [6.45, 7) is 6.58. The van der Waals surface area contributed by atoms with Gasteiger partial charge in [-0.2, -0.15) is 0 Å². The summed E-state index contributed by atoms with van der Waals surface area (Å²) in [4.78, 5) is 0. The van der Waals surface area contributed by atoms with Gasteiger partial charge in [0.25, 0.3) is 0 Å². The third kappa shape index (κ3) is 5.29. The number of anilines is 1. The first-order chi connectivity index (χ1) is 15.7. The molecule has 0 saturated heterocycles. The van der Waals surface area contributed by atoms with Crippen LogP contribution in [-0.4, -0.2) is 6.04 Å². The average Bonchev–Trinajstić information content (AvgIpc) is 2.85. The van der Waals surface area contributed by atoms with Gasteiger partial charge in [-0.1, -0.05) is 104 Å². The smallest absolute Gasteiger partial charge is 0.0482 e. The molecule has 0 aliphatic heterocycles. The maximum absolute atomic E-state index is 3.74. The first-order valence-electron chi connectivity index (χ1n) is 11.8. The highest BCUT2D eigenvalue weighted by Gasteiger charge is 2.12. The van der Waals surface area contributed by atoms with Gasteiger partial charge in [-0.15, -0.1) is 0 Å². The van der Waals surface area contributed by atoms with Crippen LogP contribution >= 0.6 is 0 Å². The van der Waals surface area contributed by atoms with Crippen LogP contribution < -0.4 is 5.32 Å². The van der Waals surface area contributed by atoms with E-state index in [2.05, 4.69) is 123 Å². The Bertz CT molecular complexity index is 1130. The molecule has 1 nitrogen and oxygen atoms in total. The zero-order valence-electron chi connectivity index (χ0n) is 19.4. The lowest BCUT2D eigenvalue weighted by atomic mass is 9.93. The molecule has 0 saturated carbocycles. The molecule has 1 N–H and O–H groups in total. The Morgan fingerprint density at radius 1 is 0.906 bits per heavy atom. The van der Waals surface area contributed by atoms with Crippen molar-refractivity contribution in [3.05, 3.63) is 130 Å². The third-order valence-electron chi connectivity index (χ3n) is 6.19. The molecule has 1 aliphatic rings. The average molecular weight is 420 g/mol. The van der Waals surface area contributed by atoms with E-state index >= 15 is 0 Å². The second-order valence-electron chi connectivity index (χ2n) is 8.54. The minimum atomic E-state index is 0.324. The maximum Gasteiger partial charge on any atom is 0.0482 e.